The zero-order valence-electron chi connectivity index (χ0n) is 10.7. The molecule has 0 radical (unpaired) electrons. The Hall–Kier alpha value is -1.14. The van der Waals surface area contributed by atoms with Crippen molar-refractivity contribution in [2.24, 2.45) is 5.73 Å². The fraction of sp³-hybridized carbons (Fsp3) is 0.385. The fourth-order valence-electron chi connectivity index (χ4n) is 2.21. The monoisotopic (exact) mass is 341 g/mol. The molecule has 102 valence electrons. The highest BCUT2D eigenvalue weighted by Crippen LogP contribution is 2.28. The minimum absolute atomic E-state index is 0.117. The molecular weight excluding hydrogens is 326 g/mol. The van der Waals surface area contributed by atoms with Crippen molar-refractivity contribution in [2.75, 3.05) is 31.6 Å². The van der Waals surface area contributed by atoms with Crippen LogP contribution in [0.2, 0.25) is 0 Å². The number of carbonyl (C=O) groups is 1. The Labute approximate surface area is 126 Å². The van der Waals surface area contributed by atoms with E-state index in [1.54, 1.807) is 4.90 Å². The van der Waals surface area contributed by atoms with Crippen LogP contribution in [0.4, 0.5) is 5.69 Å². The summed E-state index contributed by atoms with van der Waals surface area (Å²) in [5.41, 5.74) is 7.53. The third-order valence-electron chi connectivity index (χ3n) is 3.25. The number of carbonyl (C=O) groups excluding carboxylic acids is 1. The number of benzene rings is 1. The first-order chi connectivity index (χ1) is 9.00. The summed E-state index contributed by atoms with van der Waals surface area (Å²) in [5, 5.41) is 0. The first-order valence-electron chi connectivity index (χ1n) is 6.08. The van der Waals surface area contributed by atoms with Crippen molar-refractivity contribution in [3.05, 3.63) is 28.2 Å². The van der Waals surface area contributed by atoms with Crippen LogP contribution in [-0.2, 0) is 4.79 Å². The molecule has 6 heteroatoms. The number of hydrogen-bond donors (Lipinski definition) is 1. The number of nitrogens with two attached hydrogens (primary N) is 1. The van der Waals surface area contributed by atoms with Crippen molar-refractivity contribution in [2.45, 2.75) is 6.42 Å². The maximum atomic E-state index is 12.0. The maximum Gasteiger partial charge on any atom is 0.241 e. The lowest BCUT2D eigenvalue weighted by Gasteiger charge is -2.25. The highest BCUT2D eigenvalue weighted by atomic mass is 79.9. The summed E-state index contributed by atoms with van der Waals surface area (Å²) in [7, 11) is 1.83. The lowest BCUT2D eigenvalue weighted by Crippen LogP contribution is -2.35. The second kappa shape index (κ2) is 5.88. The number of anilines is 1. The van der Waals surface area contributed by atoms with E-state index in [4.69, 9.17) is 18.0 Å². The van der Waals surface area contributed by atoms with Crippen LogP contribution >= 0.6 is 28.1 Å². The van der Waals surface area contributed by atoms with Crippen LogP contribution < -0.4 is 10.6 Å². The standard InChI is InChI=1S/C13H16BrN3OS/c1-16-6-3-7-17(8-11(16)18)10-5-2-4-9(14)12(10)13(15)19/h2,4-5H,3,6-8H2,1H3,(H2,15,19). The molecule has 1 aliphatic heterocycles. The van der Waals surface area contributed by atoms with Gasteiger partial charge in [-0.2, -0.15) is 0 Å². The van der Waals surface area contributed by atoms with Gasteiger partial charge in [-0.15, -0.1) is 0 Å². The molecule has 2 N–H and O–H groups in total. The van der Waals surface area contributed by atoms with Gasteiger partial charge in [0.1, 0.15) is 4.99 Å². The smallest absolute Gasteiger partial charge is 0.241 e. The van der Waals surface area contributed by atoms with Gasteiger partial charge in [-0.1, -0.05) is 18.3 Å². The topological polar surface area (TPSA) is 49.6 Å². The second-order valence-corrected chi connectivity index (χ2v) is 5.88. The number of thiocarbonyl (C=S) groups is 1. The normalized spacial score (nSPS) is 16.4. The van der Waals surface area contributed by atoms with E-state index in [0.717, 1.165) is 35.2 Å². The molecule has 0 saturated carbocycles. The van der Waals surface area contributed by atoms with Gasteiger partial charge in [0.25, 0.3) is 0 Å². The Morgan fingerprint density at radius 1 is 1.42 bits per heavy atom. The van der Waals surface area contributed by atoms with Gasteiger partial charge in [0.15, 0.2) is 0 Å². The summed E-state index contributed by atoms with van der Waals surface area (Å²) in [5.74, 6) is 0.117. The van der Waals surface area contributed by atoms with E-state index >= 15 is 0 Å². The average Bonchev–Trinajstić information content (AvgIpc) is 2.51. The molecule has 1 aliphatic rings. The highest BCUT2D eigenvalue weighted by molar-refractivity contribution is 9.10. The van der Waals surface area contributed by atoms with Gasteiger partial charge in [0.05, 0.1) is 6.54 Å². The van der Waals surface area contributed by atoms with Crippen LogP contribution in [0.5, 0.6) is 0 Å². The maximum absolute atomic E-state index is 12.0. The van der Waals surface area contributed by atoms with Gasteiger partial charge in [0.2, 0.25) is 5.91 Å². The van der Waals surface area contributed by atoms with E-state index in [2.05, 4.69) is 15.9 Å². The number of likely N-dealkylation sites (N-methyl/N-ethyl adjacent to an activating group) is 1. The molecule has 0 bridgehead atoms. The predicted octanol–water partition coefficient (Wildman–Crippen LogP) is 1.75. The average molecular weight is 342 g/mol. The van der Waals surface area contributed by atoms with E-state index in [0.29, 0.717) is 11.5 Å². The lowest BCUT2D eigenvalue weighted by atomic mass is 10.1. The SMILES string of the molecule is CN1CCCN(c2cccc(Br)c2C(N)=S)CC1=O. The van der Waals surface area contributed by atoms with E-state index < -0.39 is 0 Å². The molecule has 19 heavy (non-hydrogen) atoms. The van der Waals surface area contributed by atoms with Crippen LogP contribution in [-0.4, -0.2) is 42.5 Å². The minimum atomic E-state index is 0.117. The Balaban J connectivity index is 2.38. The van der Waals surface area contributed by atoms with Gasteiger partial charge < -0.3 is 15.5 Å². The first-order valence-corrected chi connectivity index (χ1v) is 7.28. The molecule has 0 spiro atoms. The molecule has 0 unspecified atom stereocenters. The van der Waals surface area contributed by atoms with Gasteiger partial charge in [-0.25, -0.2) is 0 Å². The third kappa shape index (κ3) is 3.06. The lowest BCUT2D eigenvalue weighted by molar-refractivity contribution is -0.127. The Morgan fingerprint density at radius 2 is 2.16 bits per heavy atom. The molecule has 1 fully saturated rings. The van der Waals surface area contributed by atoms with Crippen LogP contribution in [0.1, 0.15) is 12.0 Å². The third-order valence-corrected chi connectivity index (χ3v) is 4.12. The Bertz CT molecular complexity index is 521. The van der Waals surface area contributed by atoms with E-state index in [1.165, 1.54) is 0 Å². The van der Waals surface area contributed by atoms with Gasteiger partial charge in [0, 0.05) is 35.9 Å². The molecule has 1 amide bonds. The van der Waals surface area contributed by atoms with Crippen molar-refractivity contribution in [1.82, 2.24) is 4.90 Å². The molecule has 0 aromatic heterocycles. The molecule has 1 saturated heterocycles. The number of rotatable bonds is 2. The van der Waals surface area contributed by atoms with Gasteiger partial charge in [-0.3, -0.25) is 4.79 Å². The predicted molar refractivity (Wildman–Crippen MR) is 84.5 cm³/mol. The zero-order valence-corrected chi connectivity index (χ0v) is 13.1. The summed E-state index contributed by atoms with van der Waals surface area (Å²) in [4.78, 5) is 16.1. The Morgan fingerprint density at radius 3 is 2.84 bits per heavy atom. The van der Waals surface area contributed by atoms with Gasteiger partial charge in [-0.05, 0) is 34.5 Å². The van der Waals surface area contributed by atoms with Crippen molar-refractivity contribution in [3.63, 3.8) is 0 Å². The Kier molecular flexibility index (Phi) is 4.42. The van der Waals surface area contributed by atoms with Gasteiger partial charge >= 0.3 is 0 Å². The summed E-state index contributed by atoms with van der Waals surface area (Å²) < 4.78 is 0.863. The van der Waals surface area contributed by atoms with Crippen LogP contribution in [0, 0.1) is 0 Å². The summed E-state index contributed by atoms with van der Waals surface area (Å²) in [6, 6.07) is 5.79. The minimum Gasteiger partial charge on any atom is -0.389 e. The number of nitrogens with zero attached hydrogens (tertiary/aromatic N) is 2. The zero-order chi connectivity index (χ0) is 14.0. The van der Waals surface area contributed by atoms with E-state index in [9.17, 15) is 4.79 Å². The van der Waals surface area contributed by atoms with Crippen molar-refractivity contribution in [1.29, 1.82) is 0 Å². The first kappa shape index (κ1) is 14.3. The molecule has 1 aromatic carbocycles. The van der Waals surface area contributed by atoms with E-state index in [1.807, 2.05) is 30.1 Å². The molecule has 4 nitrogen and oxygen atoms in total. The largest absolute Gasteiger partial charge is 0.389 e. The summed E-state index contributed by atoms with van der Waals surface area (Å²) in [6.45, 7) is 1.97. The van der Waals surface area contributed by atoms with Crippen molar-refractivity contribution < 1.29 is 4.79 Å². The number of hydrogen-bond acceptors (Lipinski definition) is 3. The number of halogens is 1. The summed E-state index contributed by atoms with van der Waals surface area (Å²) >= 11 is 8.59. The van der Waals surface area contributed by atoms with Crippen molar-refractivity contribution >= 4 is 44.7 Å². The van der Waals surface area contributed by atoms with Crippen LogP contribution in [0.3, 0.4) is 0 Å². The summed E-state index contributed by atoms with van der Waals surface area (Å²) in [6.07, 6.45) is 0.936. The van der Waals surface area contributed by atoms with E-state index in [-0.39, 0.29) is 5.91 Å². The van der Waals surface area contributed by atoms with Crippen LogP contribution in [0.25, 0.3) is 0 Å². The fourth-order valence-corrected chi connectivity index (χ4v) is 3.13. The highest BCUT2D eigenvalue weighted by Gasteiger charge is 2.22. The molecular formula is C13H16BrN3OS. The molecule has 1 aromatic rings. The molecule has 0 aliphatic carbocycles. The number of amides is 1. The molecule has 0 atom stereocenters. The molecule has 1 heterocycles. The van der Waals surface area contributed by atoms with Crippen LogP contribution in [0.15, 0.2) is 22.7 Å². The van der Waals surface area contributed by atoms with Crippen molar-refractivity contribution in [3.8, 4) is 0 Å². The molecule has 2 rings (SSSR count). The quantitative estimate of drug-likeness (QED) is 0.832. The second-order valence-electron chi connectivity index (χ2n) is 4.59.